The summed E-state index contributed by atoms with van der Waals surface area (Å²) < 4.78 is 51.7. The highest BCUT2D eigenvalue weighted by atomic mass is 32.2. The Bertz CT molecular complexity index is 848. The van der Waals surface area contributed by atoms with E-state index in [0.29, 0.717) is 0 Å². The van der Waals surface area contributed by atoms with Crippen LogP contribution in [0.3, 0.4) is 0 Å². The number of sulfonamides is 1. The molecule has 3 rings (SSSR count). The van der Waals surface area contributed by atoms with Crippen LogP contribution in [0.2, 0.25) is 0 Å². The van der Waals surface area contributed by atoms with E-state index in [4.69, 9.17) is 0 Å². The molecule has 2 aromatic heterocycles. The first-order chi connectivity index (χ1) is 9.83. The van der Waals surface area contributed by atoms with Crippen LogP contribution in [0.25, 0.3) is 0 Å². The Balaban J connectivity index is 1.79. The fraction of sp³-hybridized carbons (Fsp3) is 0.400. The molecule has 0 amide bonds. The number of aromatic nitrogens is 3. The van der Waals surface area contributed by atoms with Crippen molar-refractivity contribution in [3.05, 3.63) is 23.8 Å². The first-order valence-electron chi connectivity index (χ1n) is 5.95. The molecule has 0 unspecified atom stereocenters. The normalized spacial score (nSPS) is 17.8. The monoisotopic (exact) mass is 348 g/mol. The molecule has 0 saturated carbocycles. The predicted octanol–water partition coefficient (Wildman–Crippen LogP) is -0.277. The molecule has 0 N–H and O–H groups in total. The Morgan fingerprint density at radius 2 is 2.00 bits per heavy atom. The van der Waals surface area contributed by atoms with Gasteiger partial charge in [-0.3, -0.25) is 0 Å². The van der Waals surface area contributed by atoms with E-state index in [-0.39, 0.29) is 22.5 Å². The fourth-order valence-corrected chi connectivity index (χ4v) is 6.53. The maximum absolute atomic E-state index is 12.3. The lowest BCUT2D eigenvalue weighted by atomic mass is 10.3. The summed E-state index contributed by atoms with van der Waals surface area (Å²) in [5, 5.41) is 7.87. The van der Waals surface area contributed by atoms with E-state index in [1.807, 2.05) is 0 Å². The molecule has 21 heavy (non-hydrogen) atoms. The number of hydrogen-bond acceptors (Lipinski definition) is 7. The van der Waals surface area contributed by atoms with Gasteiger partial charge < -0.3 is 4.57 Å². The average molecular weight is 348 g/mol. The molecule has 1 aliphatic heterocycles. The molecule has 8 nitrogen and oxygen atoms in total. The molecule has 3 heterocycles. The fourth-order valence-electron chi connectivity index (χ4n) is 2.01. The summed E-state index contributed by atoms with van der Waals surface area (Å²) in [6.07, 6.45) is 1.30. The quantitative estimate of drug-likeness (QED) is 0.753. The zero-order valence-corrected chi connectivity index (χ0v) is 13.4. The van der Waals surface area contributed by atoms with Gasteiger partial charge in [-0.05, 0) is 11.4 Å². The number of thiophene rings is 1. The molecule has 1 fully saturated rings. The van der Waals surface area contributed by atoms with E-state index in [0.717, 1.165) is 15.6 Å². The van der Waals surface area contributed by atoms with Crippen molar-refractivity contribution < 1.29 is 16.8 Å². The Kier molecular flexibility index (Phi) is 3.39. The number of nitrogens with zero attached hydrogens (tertiary/aromatic N) is 4. The summed E-state index contributed by atoms with van der Waals surface area (Å²) in [5.74, 6) is 0. The second-order valence-corrected chi connectivity index (χ2v) is 9.88. The maximum Gasteiger partial charge on any atom is 0.252 e. The Labute approximate surface area is 126 Å². The molecule has 1 saturated heterocycles. The minimum Gasteiger partial charge on any atom is -0.308 e. The van der Waals surface area contributed by atoms with Gasteiger partial charge in [-0.1, -0.05) is 6.07 Å². The largest absolute Gasteiger partial charge is 0.308 e. The lowest BCUT2D eigenvalue weighted by Gasteiger charge is -2.36. The van der Waals surface area contributed by atoms with Crippen LogP contribution >= 0.6 is 11.3 Å². The third kappa shape index (κ3) is 2.29. The number of hydrogen-bond donors (Lipinski definition) is 0. The van der Waals surface area contributed by atoms with Gasteiger partial charge in [-0.15, -0.1) is 21.5 Å². The molecule has 0 aromatic carbocycles. The molecule has 0 atom stereocenters. The zero-order valence-electron chi connectivity index (χ0n) is 10.9. The maximum atomic E-state index is 12.3. The molecule has 0 bridgehead atoms. The van der Waals surface area contributed by atoms with E-state index >= 15 is 0 Å². The molecule has 1 aliphatic rings. The van der Waals surface area contributed by atoms with Gasteiger partial charge in [-0.2, -0.15) is 4.31 Å². The Morgan fingerprint density at radius 1 is 1.29 bits per heavy atom. The summed E-state index contributed by atoms with van der Waals surface area (Å²) in [6, 6.07) is 3.15. The van der Waals surface area contributed by atoms with Crippen LogP contribution in [0.15, 0.2) is 33.2 Å². The van der Waals surface area contributed by atoms with Crippen molar-refractivity contribution in [1.29, 1.82) is 0 Å². The lowest BCUT2D eigenvalue weighted by molar-refractivity contribution is 0.309. The second-order valence-electron chi connectivity index (χ2n) is 4.65. The first-order valence-corrected chi connectivity index (χ1v) is 9.81. The summed E-state index contributed by atoms with van der Waals surface area (Å²) in [5.41, 5.74) is 0. The van der Waals surface area contributed by atoms with E-state index in [1.165, 1.54) is 24.0 Å². The lowest BCUT2D eigenvalue weighted by Crippen LogP contribution is -2.56. The minimum absolute atomic E-state index is 0.0601. The van der Waals surface area contributed by atoms with Crippen LogP contribution in [0.1, 0.15) is 0 Å². The topological polar surface area (TPSA) is 102 Å². The molecule has 11 heteroatoms. The van der Waals surface area contributed by atoms with E-state index in [2.05, 4.69) is 10.2 Å². The predicted molar refractivity (Wildman–Crippen MR) is 75.1 cm³/mol. The summed E-state index contributed by atoms with van der Waals surface area (Å²) >= 11 is 1.11. The average Bonchev–Trinajstić information content (AvgIpc) is 2.95. The van der Waals surface area contributed by atoms with Crippen LogP contribution in [-0.4, -0.2) is 54.2 Å². The molecule has 0 spiro atoms. The first kappa shape index (κ1) is 14.6. The van der Waals surface area contributed by atoms with Crippen molar-refractivity contribution in [2.45, 2.75) is 14.6 Å². The van der Waals surface area contributed by atoms with Gasteiger partial charge in [0.05, 0.1) is 5.25 Å². The Morgan fingerprint density at radius 3 is 2.52 bits per heavy atom. The number of sulfone groups is 1. The van der Waals surface area contributed by atoms with Crippen molar-refractivity contribution in [2.24, 2.45) is 7.05 Å². The SMILES string of the molecule is Cn1cnnc1S(=O)(=O)C1CN(S(=O)(=O)c2cccs2)C1. The highest BCUT2D eigenvalue weighted by Gasteiger charge is 2.46. The molecule has 114 valence electrons. The van der Waals surface area contributed by atoms with Gasteiger partial charge in [0.1, 0.15) is 10.5 Å². The van der Waals surface area contributed by atoms with E-state index in [1.54, 1.807) is 11.4 Å². The Hall–Kier alpha value is -1.30. The van der Waals surface area contributed by atoms with Gasteiger partial charge in [-0.25, -0.2) is 16.8 Å². The van der Waals surface area contributed by atoms with Crippen molar-refractivity contribution in [3.63, 3.8) is 0 Å². The van der Waals surface area contributed by atoms with Crippen LogP contribution < -0.4 is 0 Å². The van der Waals surface area contributed by atoms with Gasteiger partial charge in [0.25, 0.3) is 10.0 Å². The van der Waals surface area contributed by atoms with Crippen molar-refractivity contribution in [3.8, 4) is 0 Å². The summed E-state index contributed by atoms with van der Waals surface area (Å²) in [4.78, 5) is 0. The smallest absolute Gasteiger partial charge is 0.252 e. The van der Waals surface area contributed by atoms with Gasteiger partial charge >= 0.3 is 0 Å². The van der Waals surface area contributed by atoms with Crippen molar-refractivity contribution in [2.75, 3.05) is 13.1 Å². The highest BCUT2D eigenvalue weighted by molar-refractivity contribution is 7.93. The number of rotatable bonds is 4. The van der Waals surface area contributed by atoms with Crippen LogP contribution in [0.5, 0.6) is 0 Å². The van der Waals surface area contributed by atoms with Crippen LogP contribution in [-0.2, 0) is 26.9 Å². The van der Waals surface area contributed by atoms with Crippen LogP contribution in [0.4, 0.5) is 0 Å². The third-order valence-corrected chi connectivity index (χ3v) is 8.53. The molecular formula is C10H12N4O4S3. The summed E-state index contributed by atoms with van der Waals surface area (Å²) in [6.45, 7) is -0.120. The van der Waals surface area contributed by atoms with Crippen molar-refractivity contribution >= 4 is 31.2 Å². The van der Waals surface area contributed by atoms with E-state index in [9.17, 15) is 16.8 Å². The van der Waals surface area contributed by atoms with Gasteiger partial charge in [0.2, 0.25) is 15.0 Å². The van der Waals surface area contributed by atoms with Gasteiger partial charge in [0, 0.05) is 20.1 Å². The van der Waals surface area contributed by atoms with Crippen molar-refractivity contribution in [1.82, 2.24) is 19.1 Å². The van der Waals surface area contributed by atoms with E-state index < -0.39 is 25.1 Å². The minimum atomic E-state index is -3.66. The molecule has 0 aliphatic carbocycles. The standard InChI is InChI=1S/C10H12N4O4S3/c1-13-7-11-12-10(13)20(15,16)8-5-14(6-8)21(17,18)9-3-2-4-19-9/h2-4,7-8H,5-6H2,1H3. The highest BCUT2D eigenvalue weighted by Crippen LogP contribution is 2.29. The third-order valence-electron chi connectivity index (χ3n) is 3.27. The summed E-state index contributed by atoms with van der Waals surface area (Å²) in [7, 11) is -5.72. The zero-order chi connectivity index (χ0) is 15.3. The molecular weight excluding hydrogens is 336 g/mol. The second kappa shape index (κ2) is 4.87. The van der Waals surface area contributed by atoms with Crippen LogP contribution in [0, 0.1) is 0 Å². The van der Waals surface area contributed by atoms with Gasteiger partial charge in [0.15, 0.2) is 0 Å². The molecule has 2 aromatic rings. The molecule has 0 radical (unpaired) electrons. The number of aryl methyl sites for hydroxylation is 1.